The fourth-order valence-corrected chi connectivity index (χ4v) is 3.21. The molecule has 9 heteroatoms. The van der Waals surface area contributed by atoms with Crippen molar-refractivity contribution < 1.29 is 14.5 Å². The van der Waals surface area contributed by atoms with Crippen LogP contribution in [0.2, 0.25) is 0 Å². The maximum absolute atomic E-state index is 10.7. The van der Waals surface area contributed by atoms with Crippen molar-refractivity contribution in [3.63, 3.8) is 0 Å². The lowest BCUT2D eigenvalue weighted by Crippen LogP contribution is -2.59. The second kappa shape index (κ2) is 7.21. The predicted molar refractivity (Wildman–Crippen MR) is 78.7 cm³/mol. The van der Waals surface area contributed by atoms with Crippen LogP contribution >= 0.6 is 0 Å². The molecule has 0 aromatic rings. The van der Waals surface area contributed by atoms with Gasteiger partial charge in [0.25, 0.3) is 5.96 Å². The van der Waals surface area contributed by atoms with Gasteiger partial charge in [-0.25, -0.2) is 10.1 Å². The van der Waals surface area contributed by atoms with Gasteiger partial charge in [-0.3, -0.25) is 4.90 Å². The van der Waals surface area contributed by atoms with Crippen molar-refractivity contribution in [1.82, 2.24) is 15.1 Å². The fraction of sp³-hybridized carbons (Fsp3) is 0.923. The number of ether oxygens (including phenoxy) is 2. The molecule has 1 N–H and O–H groups in total. The minimum atomic E-state index is -0.652. The minimum absolute atomic E-state index is 0.126. The first kappa shape index (κ1) is 15.4. The predicted octanol–water partition coefficient (Wildman–Crippen LogP) is 0.0143. The monoisotopic (exact) mass is 313 g/mol. The van der Waals surface area contributed by atoms with E-state index < -0.39 is 5.03 Å². The lowest BCUT2D eigenvalue weighted by atomic mass is 10.2. The fourth-order valence-electron chi connectivity index (χ4n) is 3.21. The second-order valence-electron chi connectivity index (χ2n) is 5.98. The molecule has 3 saturated heterocycles. The van der Waals surface area contributed by atoms with Crippen LogP contribution in [-0.2, 0) is 9.47 Å². The van der Waals surface area contributed by atoms with Crippen LogP contribution in [0.5, 0.6) is 0 Å². The molecule has 2 unspecified atom stereocenters. The molecule has 0 aromatic carbocycles. The molecule has 0 aromatic heterocycles. The van der Waals surface area contributed by atoms with Gasteiger partial charge in [-0.05, 0) is 25.7 Å². The highest BCUT2D eigenvalue weighted by Gasteiger charge is 2.30. The average molecular weight is 313 g/mol. The SMILES string of the molecule is O=[N+]([O-])/N=C1\NCN(CC2CCCO2)CN1CC1CCCO1. The lowest BCUT2D eigenvalue weighted by molar-refractivity contribution is -0.486. The molecule has 0 bridgehead atoms. The molecule has 9 nitrogen and oxygen atoms in total. The largest absolute Gasteiger partial charge is 0.377 e. The number of rotatable bonds is 5. The van der Waals surface area contributed by atoms with E-state index in [1.165, 1.54) is 0 Å². The molecule has 2 atom stereocenters. The van der Waals surface area contributed by atoms with Crippen LogP contribution < -0.4 is 5.32 Å². The molecule has 3 fully saturated rings. The molecule has 0 spiro atoms. The summed E-state index contributed by atoms with van der Waals surface area (Å²) in [5, 5.41) is 16.6. The van der Waals surface area contributed by atoms with Crippen LogP contribution in [-0.4, -0.2) is 72.6 Å². The van der Waals surface area contributed by atoms with E-state index in [1.54, 1.807) is 0 Å². The third kappa shape index (κ3) is 4.05. The highest BCUT2D eigenvalue weighted by molar-refractivity contribution is 5.79. The molecular weight excluding hydrogens is 290 g/mol. The zero-order valence-electron chi connectivity index (χ0n) is 12.6. The quantitative estimate of drug-likeness (QED) is 0.565. The normalized spacial score (nSPS) is 31.6. The van der Waals surface area contributed by atoms with E-state index in [2.05, 4.69) is 15.3 Å². The molecule has 3 aliphatic heterocycles. The summed E-state index contributed by atoms with van der Waals surface area (Å²) in [5.74, 6) is 0.323. The Morgan fingerprint density at radius 1 is 1.23 bits per heavy atom. The Hall–Kier alpha value is -1.45. The zero-order valence-corrected chi connectivity index (χ0v) is 12.6. The number of guanidine groups is 1. The van der Waals surface area contributed by atoms with Crippen LogP contribution in [0, 0.1) is 10.1 Å². The van der Waals surface area contributed by atoms with Crippen molar-refractivity contribution in [1.29, 1.82) is 0 Å². The van der Waals surface area contributed by atoms with E-state index in [0.717, 1.165) is 45.4 Å². The Morgan fingerprint density at radius 3 is 2.50 bits per heavy atom. The summed E-state index contributed by atoms with van der Waals surface area (Å²) in [6.07, 6.45) is 4.63. The van der Waals surface area contributed by atoms with Crippen molar-refractivity contribution >= 4 is 5.96 Å². The molecular formula is C13H23N5O4. The number of hydrazone groups is 1. The van der Waals surface area contributed by atoms with E-state index >= 15 is 0 Å². The van der Waals surface area contributed by atoms with Gasteiger partial charge in [0.1, 0.15) is 5.10 Å². The Balaban J connectivity index is 1.60. The number of hydrogen-bond acceptors (Lipinski definition) is 5. The van der Waals surface area contributed by atoms with Crippen molar-refractivity contribution in [2.75, 3.05) is 39.6 Å². The van der Waals surface area contributed by atoms with Gasteiger partial charge in [0.15, 0.2) is 5.03 Å². The second-order valence-corrected chi connectivity index (χ2v) is 5.98. The Kier molecular flexibility index (Phi) is 5.06. The van der Waals surface area contributed by atoms with Gasteiger partial charge in [0, 0.05) is 26.3 Å². The average Bonchev–Trinajstić information content (AvgIpc) is 3.15. The van der Waals surface area contributed by atoms with Crippen molar-refractivity contribution in [2.45, 2.75) is 37.9 Å². The number of hydrogen-bond donors (Lipinski definition) is 1. The zero-order chi connectivity index (χ0) is 15.4. The minimum Gasteiger partial charge on any atom is -0.377 e. The Morgan fingerprint density at radius 2 is 1.91 bits per heavy atom. The highest BCUT2D eigenvalue weighted by atomic mass is 16.7. The summed E-state index contributed by atoms with van der Waals surface area (Å²) in [7, 11) is 0. The third-order valence-corrected chi connectivity index (χ3v) is 4.24. The molecule has 124 valence electrons. The highest BCUT2D eigenvalue weighted by Crippen LogP contribution is 2.17. The molecule has 3 heterocycles. The van der Waals surface area contributed by atoms with E-state index in [4.69, 9.17) is 9.47 Å². The molecule has 22 heavy (non-hydrogen) atoms. The van der Waals surface area contributed by atoms with E-state index in [1.807, 2.05) is 4.90 Å². The van der Waals surface area contributed by atoms with Crippen molar-refractivity contribution in [3.8, 4) is 0 Å². The smallest absolute Gasteiger partial charge is 0.273 e. The van der Waals surface area contributed by atoms with Crippen LogP contribution in [0.4, 0.5) is 0 Å². The first-order valence-corrected chi connectivity index (χ1v) is 7.88. The molecule has 0 saturated carbocycles. The van der Waals surface area contributed by atoms with E-state index in [0.29, 0.717) is 25.8 Å². The van der Waals surface area contributed by atoms with Gasteiger partial charge in [0.2, 0.25) is 0 Å². The molecule has 3 rings (SSSR count). The van der Waals surface area contributed by atoms with Gasteiger partial charge in [-0.2, -0.15) is 0 Å². The van der Waals surface area contributed by atoms with Gasteiger partial charge in [0.05, 0.1) is 25.5 Å². The maximum atomic E-state index is 10.7. The number of nitro groups is 1. The van der Waals surface area contributed by atoms with E-state index in [9.17, 15) is 10.1 Å². The summed E-state index contributed by atoms with van der Waals surface area (Å²) in [4.78, 5) is 14.8. The Labute approximate surface area is 129 Å². The summed E-state index contributed by atoms with van der Waals surface area (Å²) >= 11 is 0. The van der Waals surface area contributed by atoms with Crippen molar-refractivity contribution in [3.05, 3.63) is 10.1 Å². The van der Waals surface area contributed by atoms with Crippen LogP contribution in [0.15, 0.2) is 5.10 Å². The lowest BCUT2D eigenvalue weighted by Gasteiger charge is -2.38. The summed E-state index contributed by atoms with van der Waals surface area (Å²) in [6.45, 7) is 4.23. The Bertz CT molecular complexity index is 421. The third-order valence-electron chi connectivity index (χ3n) is 4.24. The number of nitrogens with zero attached hydrogens (tertiary/aromatic N) is 4. The molecule has 0 radical (unpaired) electrons. The summed E-state index contributed by atoms with van der Waals surface area (Å²) < 4.78 is 11.3. The van der Waals surface area contributed by atoms with Crippen LogP contribution in [0.1, 0.15) is 25.7 Å². The molecule has 3 aliphatic rings. The van der Waals surface area contributed by atoms with Crippen molar-refractivity contribution in [2.24, 2.45) is 5.10 Å². The van der Waals surface area contributed by atoms with Gasteiger partial charge < -0.3 is 19.7 Å². The van der Waals surface area contributed by atoms with Crippen LogP contribution in [0.3, 0.4) is 0 Å². The summed E-state index contributed by atoms with van der Waals surface area (Å²) in [6, 6.07) is 0. The number of nitrogens with one attached hydrogen (secondary N) is 1. The maximum Gasteiger partial charge on any atom is 0.273 e. The van der Waals surface area contributed by atoms with Gasteiger partial charge in [-0.15, -0.1) is 0 Å². The van der Waals surface area contributed by atoms with Gasteiger partial charge >= 0.3 is 0 Å². The summed E-state index contributed by atoms with van der Waals surface area (Å²) in [5.41, 5.74) is 0. The standard InChI is InChI=1S/C13H23N5O4/c19-18(20)15-13-14-9-16(7-11-3-1-5-21-11)10-17(13)8-12-4-2-6-22-12/h11-12H,1-10H2,(H,14,15). The van der Waals surface area contributed by atoms with E-state index in [-0.39, 0.29) is 12.2 Å². The molecule has 0 aliphatic carbocycles. The van der Waals surface area contributed by atoms with Gasteiger partial charge in [-0.1, -0.05) is 0 Å². The molecule has 0 amide bonds. The first-order valence-electron chi connectivity index (χ1n) is 7.88. The topological polar surface area (TPSA) is 92.5 Å². The first-order chi connectivity index (χ1) is 10.7. The van der Waals surface area contributed by atoms with Crippen LogP contribution in [0.25, 0.3) is 0 Å².